The molecule has 0 fully saturated rings. The Morgan fingerprint density at radius 3 is 2.45 bits per heavy atom. The fraction of sp³-hybridized carbons (Fsp3) is 0.125. The van der Waals surface area contributed by atoms with E-state index in [1.165, 1.54) is 13.2 Å². The van der Waals surface area contributed by atoms with Gasteiger partial charge in [0.1, 0.15) is 12.3 Å². The molecule has 0 aliphatic carbocycles. The third-order valence-electron chi connectivity index (χ3n) is 4.94. The smallest absolute Gasteiger partial charge is 0.354 e. The highest BCUT2D eigenvalue weighted by Gasteiger charge is 2.21. The molecule has 158 valence electrons. The molecule has 31 heavy (non-hydrogen) atoms. The number of fused-ring (bicyclic) bond motifs is 1. The summed E-state index contributed by atoms with van der Waals surface area (Å²) in [6.45, 7) is 0.519. The molecule has 0 saturated carbocycles. The lowest BCUT2D eigenvalue weighted by Gasteiger charge is -2.12. The Hall–Kier alpha value is -3.02. The Kier molecular flexibility index (Phi) is 6.16. The van der Waals surface area contributed by atoms with Crippen molar-refractivity contribution in [3.8, 4) is 5.75 Å². The molecule has 0 saturated heterocycles. The van der Waals surface area contributed by atoms with Crippen molar-refractivity contribution in [1.82, 2.24) is 4.57 Å². The number of halogens is 3. The van der Waals surface area contributed by atoms with Crippen LogP contribution >= 0.6 is 23.2 Å². The first-order chi connectivity index (χ1) is 15.0. The third-order valence-corrected chi connectivity index (χ3v) is 5.68. The fourth-order valence-corrected chi connectivity index (χ4v) is 3.71. The fourth-order valence-electron chi connectivity index (χ4n) is 3.39. The average Bonchev–Trinajstić information content (AvgIpc) is 3.15. The summed E-state index contributed by atoms with van der Waals surface area (Å²) >= 11 is 12.1. The third kappa shape index (κ3) is 4.38. The number of esters is 1. The van der Waals surface area contributed by atoms with Crippen LogP contribution in [0.25, 0.3) is 10.9 Å². The summed E-state index contributed by atoms with van der Waals surface area (Å²) in [5, 5.41) is 1.10. The lowest BCUT2D eigenvalue weighted by Crippen LogP contribution is -2.11. The van der Waals surface area contributed by atoms with Crippen molar-refractivity contribution in [3.63, 3.8) is 0 Å². The normalized spacial score (nSPS) is 11.0. The van der Waals surface area contributed by atoms with Gasteiger partial charge in [0.2, 0.25) is 0 Å². The van der Waals surface area contributed by atoms with E-state index in [2.05, 4.69) is 0 Å². The predicted molar refractivity (Wildman–Crippen MR) is 120 cm³/mol. The lowest BCUT2D eigenvalue weighted by atomic mass is 10.2. The van der Waals surface area contributed by atoms with E-state index < -0.39 is 11.8 Å². The van der Waals surface area contributed by atoms with Gasteiger partial charge in [-0.2, -0.15) is 0 Å². The zero-order chi connectivity index (χ0) is 22.0. The number of carbonyl (C=O) groups excluding carboxylic acids is 1. The van der Waals surface area contributed by atoms with E-state index >= 15 is 4.39 Å². The average molecular weight is 458 g/mol. The summed E-state index contributed by atoms with van der Waals surface area (Å²) in [5.41, 5.74) is 2.50. The molecule has 0 unspecified atom stereocenters. The van der Waals surface area contributed by atoms with Gasteiger partial charge in [-0.1, -0.05) is 59.6 Å². The van der Waals surface area contributed by atoms with E-state index in [0.717, 1.165) is 11.1 Å². The van der Waals surface area contributed by atoms with E-state index in [4.69, 9.17) is 32.7 Å². The molecular formula is C24H18Cl2FNO3. The van der Waals surface area contributed by atoms with Gasteiger partial charge in [-0.3, -0.25) is 0 Å². The first-order valence-electron chi connectivity index (χ1n) is 9.48. The maximum atomic E-state index is 15.3. The Morgan fingerprint density at radius 1 is 0.968 bits per heavy atom. The van der Waals surface area contributed by atoms with Crippen molar-refractivity contribution in [2.24, 2.45) is 0 Å². The van der Waals surface area contributed by atoms with Gasteiger partial charge in [-0.15, -0.1) is 0 Å². The zero-order valence-electron chi connectivity index (χ0n) is 16.6. The van der Waals surface area contributed by atoms with Crippen molar-refractivity contribution in [1.29, 1.82) is 0 Å². The van der Waals surface area contributed by atoms with E-state index in [0.29, 0.717) is 15.6 Å². The Balaban J connectivity index is 1.73. The second-order valence-corrected chi connectivity index (χ2v) is 7.75. The summed E-state index contributed by atoms with van der Waals surface area (Å²) in [6, 6.07) is 19.4. The van der Waals surface area contributed by atoms with Crippen molar-refractivity contribution in [2.45, 2.75) is 13.2 Å². The molecule has 0 amide bonds. The van der Waals surface area contributed by atoms with Gasteiger partial charge in [0.25, 0.3) is 0 Å². The first kappa shape index (κ1) is 21.2. The van der Waals surface area contributed by atoms with Crippen LogP contribution in [0.2, 0.25) is 10.0 Å². The molecule has 0 atom stereocenters. The predicted octanol–water partition coefficient (Wildman–Crippen LogP) is 6.50. The monoisotopic (exact) mass is 457 g/mol. The van der Waals surface area contributed by atoms with Crippen LogP contribution in [0.1, 0.15) is 21.6 Å². The second kappa shape index (κ2) is 9.00. The Labute approximate surface area is 188 Å². The number of benzene rings is 3. The maximum absolute atomic E-state index is 15.3. The number of methoxy groups -OCH3 is 1. The van der Waals surface area contributed by atoms with E-state index in [1.807, 2.05) is 30.3 Å². The molecule has 3 aromatic carbocycles. The highest BCUT2D eigenvalue weighted by atomic mass is 35.5. The van der Waals surface area contributed by atoms with Crippen molar-refractivity contribution >= 4 is 40.1 Å². The molecule has 0 radical (unpaired) electrons. The molecule has 0 aliphatic rings. The van der Waals surface area contributed by atoms with Crippen LogP contribution in [0.3, 0.4) is 0 Å². The van der Waals surface area contributed by atoms with Gasteiger partial charge >= 0.3 is 5.97 Å². The molecular weight excluding hydrogens is 440 g/mol. The van der Waals surface area contributed by atoms with Gasteiger partial charge in [-0.05, 0) is 41.5 Å². The Morgan fingerprint density at radius 2 is 1.74 bits per heavy atom. The quantitative estimate of drug-likeness (QED) is 0.310. The van der Waals surface area contributed by atoms with Crippen LogP contribution in [-0.4, -0.2) is 17.6 Å². The van der Waals surface area contributed by atoms with Gasteiger partial charge in [-0.25, -0.2) is 9.18 Å². The molecule has 4 rings (SSSR count). The highest BCUT2D eigenvalue weighted by Crippen LogP contribution is 2.31. The molecule has 0 aliphatic heterocycles. The van der Waals surface area contributed by atoms with Gasteiger partial charge < -0.3 is 14.0 Å². The summed E-state index contributed by atoms with van der Waals surface area (Å²) < 4.78 is 27.5. The SMILES string of the molecule is COC(=O)c1cc2c(F)c(OCc3ccccc3)ccc2n1Cc1ccc(Cl)c(Cl)c1. The Bertz CT molecular complexity index is 1250. The van der Waals surface area contributed by atoms with Gasteiger partial charge in [0.05, 0.1) is 22.7 Å². The molecule has 0 N–H and O–H groups in total. The summed E-state index contributed by atoms with van der Waals surface area (Å²) in [7, 11) is 1.29. The standard InChI is InChI=1S/C24H18Cl2FNO3/c1-30-24(29)21-12-17-20(28(21)13-16-7-8-18(25)19(26)11-16)9-10-22(23(17)27)31-14-15-5-3-2-4-6-15/h2-12H,13-14H2,1H3. The van der Waals surface area contributed by atoms with Crippen molar-refractivity contribution < 1.29 is 18.7 Å². The zero-order valence-corrected chi connectivity index (χ0v) is 18.1. The van der Waals surface area contributed by atoms with Crippen LogP contribution < -0.4 is 4.74 Å². The van der Waals surface area contributed by atoms with E-state index in [-0.39, 0.29) is 30.0 Å². The summed E-state index contributed by atoms with van der Waals surface area (Å²) in [5.74, 6) is -0.992. The van der Waals surface area contributed by atoms with Gasteiger partial charge in [0.15, 0.2) is 11.6 Å². The number of hydrogen-bond donors (Lipinski definition) is 0. The van der Waals surface area contributed by atoms with Crippen molar-refractivity contribution in [3.05, 3.63) is 99.4 Å². The largest absolute Gasteiger partial charge is 0.486 e. The number of ether oxygens (including phenoxy) is 2. The minimum absolute atomic E-state index is 0.111. The summed E-state index contributed by atoms with van der Waals surface area (Å²) in [6.07, 6.45) is 0. The number of rotatable bonds is 6. The first-order valence-corrected chi connectivity index (χ1v) is 10.2. The number of carbonyl (C=O) groups is 1. The van der Waals surface area contributed by atoms with Gasteiger partial charge in [0, 0.05) is 11.9 Å². The molecule has 1 aromatic heterocycles. The van der Waals surface area contributed by atoms with Crippen molar-refractivity contribution in [2.75, 3.05) is 7.11 Å². The highest BCUT2D eigenvalue weighted by molar-refractivity contribution is 6.42. The summed E-state index contributed by atoms with van der Waals surface area (Å²) in [4.78, 5) is 12.4. The van der Waals surface area contributed by atoms with Crippen LogP contribution in [-0.2, 0) is 17.9 Å². The molecule has 0 bridgehead atoms. The number of hydrogen-bond acceptors (Lipinski definition) is 3. The maximum Gasteiger partial charge on any atom is 0.354 e. The van der Waals surface area contributed by atoms with Crippen LogP contribution in [0, 0.1) is 5.82 Å². The molecule has 0 spiro atoms. The van der Waals surface area contributed by atoms with Crippen LogP contribution in [0.5, 0.6) is 5.75 Å². The topological polar surface area (TPSA) is 40.5 Å². The lowest BCUT2D eigenvalue weighted by molar-refractivity contribution is 0.0589. The molecule has 1 heterocycles. The van der Waals surface area contributed by atoms with Crippen LogP contribution in [0.4, 0.5) is 4.39 Å². The number of aromatic nitrogens is 1. The number of nitrogens with zero attached hydrogens (tertiary/aromatic N) is 1. The molecule has 7 heteroatoms. The molecule has 4 aromatic rings. The minimum Gasteiger partial charge on any atom is -0.486 e. The van der Waals surface area contributed by atoms with E-state index in [9.17, 15) is 4.79 Å². The van der Waals surface area contributed by atoms with E-state index in [1.54, 1.807) is 34.9 Å². The second-order valence-electron chi connectivity index (χ2n) is 6.94. The van der Waals surface area contributed by atoms with Crippen LogP contribution in [0.15, 0.2) is 66.7 Å². The minimum atomic E-state index is -0.567. The molecule has 4 nitrogen and oxygen atoms in total.